The number of methoxy groups -OCH3 is 1. The number of amides is 2. The smallest absolute Gasteiger partial charge is 0.261 e. The first-order valence-electron chi connectivity index (χ1n) is 7.14. The van der Waals surface area contributed by atoms with E-state index in [1.807, 2.05) is 37.2 Å². The molecule has 0 aliphatic carbocycles. The number of benzene rings is 2. The lowest BCUT2D eigenvalue weighted by molar-refractivity contribution is 0.0560. The van der Waals surface area contributed by atoms with E-state index in [2.05, 4.69) is 0 Å². The van der Waals surface area contributed by atoms with Gasteiger partial charge in [-0.3, -0.25) is 14.5 Å². The molecule has 0 unspecified atom stereocenters. The van der Waals surface area contributed by atoms with Crippen LogP contribution < -0.4 is 4.90 Å². The van der Waals surface area contributed by atoms with Crippen molar-refractivity contribution in [3.8, 4) is 0 Å². The molecule has 2 aromatic rings. The summed E-state index contributed by atoms with van der Waals surface area (Å²) in [5.41, 5.74) is 2.14. The van der Waals surface area contributed by atoms with Crippen molar-refractivity contribution in [3.63, 3.8) is 0 Å². The standard InChI is InChI=1S/C17H18N2O3/c1-18(2)14-8-7-13-15-11(14)5-4-6-12(15)16(20)19(17(13)21)9-10-22-3/h4-8H,9-10H2,1-3H3. The van der Waals surface area contributed by atoms with E-state index in [-0.39, 0.29) is 18.4 Å². The molecule has 0 radical (unpaired) electrons. The Bertz CT molecular complexity index is 746. The van der Waals surface area contributed by atoms with Gasteiger partial charge in [0.1, 0.15) is 0 Å². The molecule has 0 aromatic heterocycles. The molecule has 2 aromatic carbocycles. The van der Waals surface area contributed by atoms with Crippen LogP contribution >= 0.6 is 0 Å². The molecular formula is C17H18N2O3. The van der Waals surface area contributed by atoms with Crippen LogP contribution in [-0.4, -0.2) is 51.1 Å². The molecule has 22 heavy (non-hydrogen) atoms. The zero-order valence-corrected chi connectivity index (χ0v) is 12.9. The molecule has 114 valence electrons. The van der Waals surface area contributed by atoms with Crippen molar-refractivity contribution in [2.75, 3.05) is 39.3 Å². The summed E-state index contributed by atoms with van der Waals surface area (Å²) in [5.74, 6) is -0.507. The zero-order valence-electron chi connectivity index (χ0n) is 12.9. The van der Waals surface area contributed by atoms with Crippen molar-refractivity contribution in [2.24, 2.45) is 0 Å². The Hall–Kier alpha value is -2.40. The van der Waals surface area contributed by atoms with Crippen LogP contribution in [0.25, 0.3) is 10.8 Å². The lowest BCUT2D eigenvalue weighted by Gasteiger charge is -2.28. The number of carbonyl (C=O) groups excluding carboxylic acids is 2. The van der Waals surface area contributed by atoms with E-state index in [0.717, 1.165) is 16.5 Å². The minimum atomic E-state index is -0.254. The Labute approximate surface area is 129 Å². The predicted octanol–water partition coefficient (Wildman–Crippen LogP) is 2.15. The first-order chi connectivity index (χ1) is 10.6. The van der Waals surface area contributed by atoms with Crippen LogP contribution in [0.5, 0.6) is 0 Å². The summed E-state index contributed by atoms with van der Waals surface area (Å²) >= 11 is 0. The van der Waals surface area contributed by atoms with E-state index in [4.69, 9.17) is 4.74 Å². The molecule has 1 aliphatic rings. The van der Waals surface area contributed by atoms with Crippen molar-refractivity contribution in [1.29, 1.82) is 0 Å². The van der Waals surface area contributed by atoms with Gasteiger partial charge < -0.3 is 9.64 Å². The van der Waals surface area contributed by atoms with Gasteiger partial charge >= 0.3 is 0 Å². The summed E-state index contributed by atoms with van der Waals surface area (Å²) in [4.78, 5) is 28.5. The highest BCUT2D eigenvalue weighted by Gasteiger charge is 2.33. The van der Waals surface area contributed by atoms with Crippen LogP contribution in [0.4, 0.5) is 5.69 Å². The lowest BCUT2D eigenvalue weighted by Crippen LogP contribution is -2.42. The quantitative estimate of drug-likeness (QED) is 0.812. The number of anilines is 1. The fourth-order valence-corrected chi connectivity index (χ4v) is 2.91. The Morgan fingerprint density at radius 3 is 2.36 bits per heavy atom. The Balaban J connectivity index is 2.23. The van der Waals surface area contributed by atoms with Gasteiger partial charge in [-0.1, -0.05) is 12.1 Å². The van der Waals surface area contributed by atoms with Crippen LogP contribution in [0.15, 0.2) is 30.3 Å². The molecule has 0 saturated heterocycles. The van der Waals surface area contributed by atoms with Gasteiger partial charge in [0.2, 0.25) is 0 Å². The van der Waals surface area contributed by atoms with Crippen LogP contribution in [-0.2, 0) is 4.74 Å². The van der Waals surface area contributed by atoms with Gasteiger partial charge in [0.15, 0.2) is 0 Å². The van der Waals surface area contributed by atoms with E-state index >= 15 is 0 Å². The van der Waals surface area contributed by atoms with Gasteiger partial charge in [-0.25, -0.2) is 0 Å². The maximum Gasteiger partial charge on any atom is 0.261 e. The topological polar surface area (TPSA) is 49.9 Å². The molecule has 5 nitrogen and oxygen atoms in total. The molecule has 0 N–H and O–H groups in total. The molecule has 0 atom stereocenters. The highest BCUT2D eigenvalue weighted by atomic mass is 16.5. The minimum Gasteiger partial charge on any atom is -0.383 e. The highest BCUT2D eigenvalue weighted by molar-refractivity contribution is 6.26. The van der Waals surface area contributed by atoms with Gasteiger partial charge in [0.05, 0.1) is 13.2 Å². The summed E-state index contributed by atoms with van der Waals surface area (Å²) < 4.78 is 5.00. The maximum atomic E-state index is 12.6. The first-order valence-corrected chi connectivity index (χ1v) is 7.14. The van der Waals surface area contributed by atoms with Gasteiger partial charge in [-0.05, 0) is 18.2 Å². The Morgan fingerprint density at radius 2 is 1.73 bits per heavy atom. The summed E-state index contributed by atoms with van der Waals surface area (Å²) in [6.45, 7) is 0.595. The van der Waals surface area contributed by atoms with Gasteiger partial charge in [0.25, 0.3) is 11.8 Å². The molecule has 0 spiro atoms. The van der Waals surface area contributed by atoms with Crippen LogP contribution in [0.3, 0.4) is 0 Å². The molecule has 3 rings (SSSR count). The molecule has 1 heterocycles. The molecule has 0 fully saturated rings. The zero-order chi connectivity index (χ0) is 15.9. The normalized spacial score (nSPS) is 13.9. The van der Waals surface area contributed by atoms with E-state index < -0.39 is 0 Å². The highest BCUT2D eigenvalue weighted by Crippen LogP contribution is 2.35. The van der Waals surface area contributed by atoms with E-state index in [1.54, 1.807) is 19.2 Å². The number of nitrogens with zero attached hydrogens (tertiary/aromatic N) is 2. The van der Waals surface area contributed by atoms with Crippen molar-refractivity contribution in [1.82, 2.24) is 4.90 Å². The average Bonchev–Trinajstić information content (AvgIpc) is 2.51. The molecule has 0 saturated carbocycles. The second kappa shape index (κ2) is 5.42. The van der Waals surface area contributed by atoms with Gasteiger partial charge in [-0.15, -0.1) is 0 Å². The second-order valence-electron chi connectivity index (χ2n) is 5.51. The molecule has 5 heteroatoms. The SMILES string of the molecule is COCCN1C(=O)c2cccc3c(N(C)C)ccc(c23)C1=O. The Kier molecular flexibility index (Phi) is 3.58. The van der Waals surface area contributed by atoms with Crippen molar-refractivity contribution < 1.29 is 14.3 Å². The van der Waals surface area contributed by atoms with Crippen LogP contribution in [0.1, 0.15) is 20.7 Å². The monoisotopic (exact) mass is 298 g/mol. The predicted molar refractivity (Wildman–Crippen MR) is 85.5 cm³/mol. The number of imide groups is 1. The summed E-state index contributed by atoms with van der Waals surface area (Å²) in [7, 11) is 5.44. The molecule has 1 aliphatic heterocycles. The fraction of sp³-hybridized carbons (Fsp3) is 0.294. The van der Waals surface area contributed by atoms with Crippen LogP contribution in [0.2, 0.25) is 0 Å². The summed E-state index contributed by atoms with van der Waals surface area (Å²) in [5, 5.41) is 1.67. The van der Waals surface area contributed by atoms with E-state index in [1.165, 1.54) is 4.90 Å². The number of carbonyl (C=O) groups is 2. The number of rotatable bonds is 4. The average molecular weight is 298 g/mol. The molecule has 0 bridgehead atoms. The second-order valence-corrected chi connectivity index (χ2v) is 5.51. The van der Waals surface area contributed by atoms with E-state index in [0.29, 0.717) is 17.7 Å². The molecule has 2 amide bonds. The fourth-order valence-electron chi connectivity index (χ4n) is 2.91. The minimum absolute atomic E-state index is 0.254. The van der Waals surface area contributed by atoms with Crippen molar-refractivity contribution >= 4 is 28.3 Å². The summed E-state index contributed by atoms with van der Waals surface area (Å²) in [6, 6.07) is 9.30. The maximum absolute atomic E-state index is 12.6. The molecular weight excluding hydrogens is 280 g/mol. The largest absolute Gasteiger partial charge is 0.383 e. The number of hydrogen-bond acceptors (Lipinski definition) is 4. The van der Waals surface area contributed by atoms with Crippen LogP contribution in [0, 0.1) is 0 Å². The third kappa shape index (κ3) is 2.05. The third-order valence-corrected chi connectivity index (χ3v) is 3.97. The summed E-state index contributed by atoms with van der Waals surface area (Å²) in [6.07, 6.45) is 0. The van der Waals surface area contributed by atoms with E-state index in [9.17, 15) is 9.59 Å². The first kappa shape index (κ1) is 14.5. The van der Waals surface area contributed by atoms with Gasteiger partial charge in [0, 0.05) is 48.8 Å². The number of ether oxygens (including phenoxy) is 1. The number of hydrogen-bond donors (Lipinski definition) is 0. The Morgan fingerprint density at radius 1 is 1.05 bits per heavy atom. The van der Waals surface area contributed by atoms with Gasteiger partial charge in [-0.2, -0.15) is 0 Å². The lowest BCUT2D eigenvalue weighted by atomic mass is 9.93. The van der Waals surface area contributed by atoms with Crippen molar-refractivity contribution in [3.05, 3.63) is 41.5 Å². The van der Waals surface area contributed by atoms with Crippen molar-refractivity contribution in [2.45, 2.75) is 0 Å². The third-order valence-electron chi connectivity index (χ3n) is 3.97.